The van der Waals surface area contributed by atoms with Gasteiger partial charge in [-0.3, -0.25) is 4.79 Å². The number of hydrogen-bond acceptors (Lipinski definition) is 3. The molecule has 0 saturated carbocycles. The van der Waals surface area contributed by atoms with E-state index >= 15 is 0 Å². The SMILES string of the molecule is CN(Cc1ccccc1)S(=O)(=O)c1ccc(F)c(C(=O)Nc2cc(C(F)(F)F)ccc2Cl)c1. The maximum Gasteiger partial charge on any atom is 0.416 e. The van der Waals surface area contributed by atoms with E-state index < -0.39 is 44.7 Å². The van der Waals surface area contributed by atoms with Gasteiger partial charge >= 0.3 is 6.18 Å². The van der Waals surface area contributed by atoms with Gasteiger partial charge in [-0.1, -0.05) is 41.9 Å². The normalized spacial score (nSPS) is 12.1. The van der Waals surface area contributed by atoms with Crippen molar-refractivity contribution in [2.45, 2.75) is 17.6 Å². The van der Waals surface area contributed by atoms with Gasteiger partial charge in [0, 0.05) is 13.6 Å². The Hall–Kier alpha value is -2.95. The van der Waals surface area contributed by atoms with Crippen molar-refractivity contribution in [3.8, 4) is 0 Å². The topological polar surface area (TPSA) is 66.5 Å². The molecule has 0 unspecified atom stereocenters. The van der Waals surface area contributed by atoms with Crippen LogP contribution in [0.15, 0.2) is 71.6 Å². The van der Waals surface area contributed by atoms with Crippen LogP contribution in [0.2, 0.25) is 5.02 Å². The van der Waals surface area contributed by atoms with Crippen LogP contribution >= 0.6 is 11.6 Å². The third-order valence-corrected chi connectivity index (χ3v) is 6.81. The summed E-state index contributed by atoms with van der Waals surface area (Å²) in [6, 6.07) is 13.6. The summed E-state index contributed by atoms with van der Waals surface area (Å²) < 4.78 is 80.1. The molecule has 3 aromatic carbocycles. The minimum absolute atomic E-state index is 0.0297. The lowest BCUT2D eigenvalue weighted by atomic mass is 10.1. The number of halogens is 5. The van der Waals surface area contributed by atoms with Gasteiger partial charge in [0.25, 0.3) is 5.91 Å². The first-order chi connectivity index (χ1) is 15.4. The number of carbonyl (C=O) groups is 1. The average Bonchev–Trinajstić information content (AvgIpc) is 2.75. The fourth-order valence-corrected chi connectivity index (χ4v) is 4.28. The minimum atomic E-state index is -4.69. The van der Waals surface area contributed by atoms with E-state index in [1.807, 2.05) is 0 Å². The van der Waals surface area contributed by atoms with E-state index in [2.05, 4.69) is 5.32 Å². The Morgan fingerprint density at radius 2 is 1.70 bits per heavy atom. The summed E-state index contributed by atoms with van der Waals surface area (Å²) in [5.74, 6) is -2.21. The molecule has 0 radical (unpaired) electrons. The van der Waals surface area contributed by atoms with Crippen LogP contribution in [0.4, 0.5) is 23.2 Å². The monoisotopic (exact) mass is 500 g/mol. The molecule has 0 atom stereocenters. The van der Waals surface area contributed by atoms with Gasteiger partial charge in [0.1, 0.15) is 5.82 Å². The maximum atomic E-state index is 14.3. The molecule has 0 heterocycles. The van der Waals surface area contributed by atoms with Gasteiger partial charge in [0.15, 0.2) is 0 Å². The molecule has 0 bridgehead atoms. The lowest BCUT2D eigenvalue weighted by molar-refractivity contribution is -0.137. The Bertz CT molecular complexity index is 1280. The van der Waals surface area contributed by atoms with Crippen molar-refractivity contribution in [2.75, 3.05) is 12.4 Å². The summed E-state index contributed by atoms with van der Waals surface area (Å²) in [6.45, 7) is 0.0297. The summed E-state index contributed by atoms with van der Waals surface area (Å²) >= 11 is 5.86. The molecule has 0 aliphatic heterocycles. The predicted octanol–water partition coefficient (Wildman–Crippen LogP) is 5.57. The van der Waals surface area contributed by atoms with Crippen LogP contribution in [0.1, 0.15) is 21.5 Å². The zero-order valence-electron chi connectivity index (χ0n) is 17.0. The lowest BCUT2D eigenvalue weighted by Gasteiger charge is -2.18. The van der Waals surface area contributed by atoms with E-state index in [1.54, 1.807) is 30.3 Å². The van der Waals surface area contributed by atoms with E-state index in [9.17, 15) is 30.8 Å². The summed E-state index contributed by atoms with van der Waals surface area (Å²) in [7, 11) is -2.78. The number of nitrogens with one attached hydrogen (secondary N) is 1. The van der Waals surface area contributed by atoms with Crippen LogP contribution in [-0.4, -0.2) is 25.7 Å². The molecular formula is C22H17ClF4N2O3S. The Morgan fingerprint density at radius 3 is 2.33 bits per heavy atom. The molecule has 1 N–H and O–H groups in total. The minimum Gasteiger partial charge on any atom is -0.321 e. The largest absolute Gasteiger partial charge is 0.416 e. The number of alkyl halides is 3. The highest BCUT2D eigenvalue weighted by atomic mass is 35.5. The average molecular weight is 501 g/mol. The van der Waals surface area contributed by atoms with Gasteiger partial charge in [0.2, 0.25) is 10.0 Å². The van der Waals surface area contributed by atoms with Gasteiger partial charge < -0.3 is 5.32 Å². The molecule has 0 saturated heterocycles. The fourth-order valence-electron chi connectivity index (χ4n) is 2.93. The number of sulfonamides is 1. The zero-order chi connectivity index (χ0) is 24.4. The maximum absolute atomic E-state index is 14.3. The number of hydrogen-bond donors (Lipinski definition) is 1. The second-order valence-corrected chi connectivity index (χ2v) is 9.49. The van der Waals surface area contributed by atoms with Crippen LogP contribution in [0, 0.1) is 5.82 Å². The summed E-state index contributed by atoms with van der Waals surface area (Å²) in [5, 5.41) is 1.90. The van der Waals surface area contributed by atoms with Crippen molar-refractivity contribution in [3.63, 3.8) is 0 Å². The quantitative estimate of drug-likeness (QED) is 0.450. The van der Waals surface area contributed by atoms with Crippen LogP contribution in [0.5, 0.6) is 0 Å². The molecule has 3 rings (SSSR count). The third-order valence-electron chi connectivity index (χ3n) is 4.68. The number of nitrogens with zero attached hydrogens (tertiary/aromatic N) is 1. The van der Waals surface area contributed by atoms with Crippen LogP contribution in [-0.2, 0) is 22.7 Å². The van der Waals surface area contributed by atoms with Crippen molar-refractivity contribution < 1.29 is 30.8 Å². The lowest BCUT2D eigenvalue weighted by Crippen LogP contribution is -2.27. The highest BCUT2D eigenvalue weighted by molar-refractivity contribution is 7.89. The standard InChI is InChI=1S/C22H17ClF4N2O3S/c1-29(13-14-5-3-2-4-6-14)33(31,32)16-8-10-19(24)17(12-16)21(30)28-20-11-15(22(25,26)27)7-9-18(20)23/h2-12H,13H2,1H3,(H,28,30). The van der Waals surface area contributed by atoms with Crippen molar-refractivity contribution in [3.05, 3.63) is 94.3 Å². The predicted molar refractivity (Wildman–Crippen MR) is 116 cm³/mol. The second-order valence-electron chi connectivity index (χ2n) is 7.03. The van der Waals surface area contributed by atoms with Gasteiger partial charge in [-0.2, -0.15) is 17.5 Å². The molecule has 0 aliphatic rings. The van der Waals surface area contributed by atoms with E-state index in [0.29, 0.717) is 11.6 Å². The first-order valence-electron chi connectivity index (χ1n) is 9.37. The Labute approximate surface area is 192 Å². The van der Waals surface area contributed by atoms with Gasteiger partial charge in [-0.15, -0.1) is 0 Å². The molecule has 5 nitrogen and oxygen atoms in total. The first kappa shape index (κ1) is 24.7. The van der Waals surface area contributed by atoms with Crippen LogP contribution < -0.4 is 5.32 Å². The van der Waals surface area contributed by atoms with E-state index in [4.69, 9.17) is 11.6 Å². The first-order valence-corrected chi connectivity index (χ1v) is 11.2. The molecule has 33 heavy (non-hydrogen) atoms. The highest BCUT2D eigenvalue weighted by Gasteiger charge is 2.31. The Morgan fingerprint density at radius 1 is 1.03 bits per heavy atom. The smallest absolute Gasteiger partial charge is 0.321 e. The zero-order valence-corrected chi connectivity index (χ0v) is 18.6. The highest BCUT2D eigenvalue weighted by Crippen LogP contribution is 2.34. The van der Waals surface area contributed by atoms with Crippen molar-refractivity contribution in [1.82, 2.24) is 4.31 Å². The summed E-state index contributed by atoms with van der Waals surface area (Å²) in [4.78, 5) is 12.2. The van der Waals surface area contributed by atoms with Gasteiger partial charge in [-0.05, 0) is 42.0 Å². The molecule has 3 aromatic rings. The molecular weight excluding hydrogens is 484 g/mol. The van der Waals surface area contributed by atoms with Crippen LogP contribution in [0.3, 0.4) is 0 Å². The van der Waals surface area contributed by atoms with E-state index in [-0.39, 0.29) is 16.5 Å². The van der Waals surface area contributed by atoms with Crippen molar-refractivity contribution in [2.24, 2.45) is 0 Å². The number of benzene rings is 3. The Balaban J connectivity index is 1.89. The number of amides is 1. The summed E-state index contributed by atoms with van der Waals surface area (Å²) in [5.41, 5.74) is -1.42. The van der Waals surface area contributed by atoms with E-state index in [1.165, 1.54) is 7.05 Å². The molecule has 0 fully saturated rings. The second kappa shape index (κ2) is 9.50. The molecule has 0 spiro atoms. The number of anilines is 1. The molecule has 1 amide bonds. The molecule has 0 aliphatic carbocycles. The van der Waals surface area contributed by atoms with Crippen molar-refractivity contribution >= 4 is 33.2 Å². The number of carbonyl (C=O) groups excluding carboxylic acids is 1. The molecule has 0 aromatic heterocycles. The van der Waals surface area contributed by atoms with Gasteiger partial charge in [-0.25, -0.2) is 12.8 Å². The van der Waals surface area contributed by atoms with Gasteiger partial charge in [0.05, 0.1) is 26.7 Å². The van der Waals surface area contributed by atoms with E-state index in [0.717, 1.165) is 34.6 Å². The third kappa shape index (κ3) is 5.70. The fraction of sp³-hybridized carbons (Fsp3) is 0.136. The van der Waals surface area contributed by atoms with Crippen molar-refractivity contribution in [1.29, 1.82) is 0 Å². The Kier molecular flexibility index (Phi) is 7.11. The molecule has 11 heteroatoms. The number of rotatable bonds is 6. The van der Waals surface area contributed by atoms with Crippen LogP contribution in [0.25, 0.3) is 0 Å². The summed E-state index contributed by atoms with van der Waals surface area (Å²) in [6.07, 6.45) is -4.69. The molecule has 174 valence electrons.